The third-order valence-electron chi connectivity index (χ3n) is 4.15. The lowest BCUT2D eigenvalue weighted by Gasteiger charge is -2.34. The van der Waals surface area contributed by atoms with Crippen molar-refractivity contribution in [2.24, 2.45) is 0 Å². The number of carbonyl (C=O) groups is 3. The zero-order valence-corrected chi connectivity index (χ0v) is 14.5. The van der Waals surface area contributed by atoms with Gasteiger partial charge < -0.3 is 14.7 Å². The van der Waals surface area contributed by atoms with E-state index in [1.807, 2.05) is 18.2 Å². The van der Waals surface area contributed by atoms with Crippen molar-refractivity contribution in [3.63, 3.8) is 0 Å². The summed E-state index contributed by atoms with van der Waals surface area (Å²) in [5, 5.41) is 0.658. The first-order valence-corrected chi connectivity index (χ1v) is 8.34. The van der Waals surface area contributed by atoms with Gasteiger partial charge in [0.25, 0.3) is 0 Å². The SMILES string of the molecule is CC(=O)N(CCc1cccc(Cl)c1)CC(=O)N1CCN(C=O)CC1. The third-order valence-corrected chi connectivity index (χ3v) is 4.38. The second kappa shape index (κ2) is 8.68. The molecule has 0 aliphatic carbocycles. The molecule has 0 aromatic heterocycles. The van der Waals surface area contributed by atoms with Gasteiger partial charge in [-0.25, -0.2) is 0 Å². The van der Waals surface area contributed by atoms with Crippen molar-refractivity contribution in [2.45, 2.75) is 13.3 Å². The van der Waals surface area contributed by atoms with E-state index in [4.69, 9.17) is 11.6 Å². The summed E-state index contributed by atoms with van der Waals surface area (Å²) in [6.07, 6.45) is 1.45. The summed E-state index contributed by atoms with van der Waals surface area (Å²) in [6.45, 7) is 4.10. The number of piperazine rings is 1. The molecule has 0 N–H and O–H groups in total. The maximum atomic E-state index is 12.4. The predicted octanol–water partition coefficient (Wildman–Crippen LogP) is 1.03. The lowest BCUT2D eigenvalue weighted by molar-refractivity contribution is -0.141. The van der Waals surface area contributed by atoms with Crippen LogP contribution >= 0.6 is 11.6 Å². The summed E-state index contributed by atoms with van der Waals surface area (Å²) in [5.41, 5.74) is 1.03. The maximum Gasteiger partial charge on any atom is 0.242 e. The number of amides is 3. The molecule has 1 heterocycles. The molecule has 1 aliphatic rings. The minimum atomic E-state index is -0.128. The molecule has 1 aromatic carbocycles. The average molecular weight is 352 g/mol. The van der Waals surface area contributed by atoms with E-state index in [0.717, 1.165) is 12.0 Å². The number of nitrogens with zero attached hydrogens (tertiary/aromatic N) is 3. The number of carbonyl (C=O) groups excluding carboxylic acids is 3. The molecule has 1 fully saturated rings. The molecule has 7 heteroatoms. The number of hydrogen-bond donors (Lipinski definition) is 0. The molecule has 0 radical (unpaired) electrons. The first kappa shape index (κ1) is 18.3. The fourth-order valence-electron chi connectivity index (χ4n) is 2.64. The summed E-state index contributed by atoms with van der Waals surface area (Å²) in [4.78, 5) is 39.8. The Morgan fingerprint density at radius 3 is 2.54 bits per heavy atom. The zero-order valence-electron chi connectivity index (χ0n) is 13.8. The first-order chi connectivity index (χ1) is 11.5. The number of rotatable bonds is 6. The number of benzene rings is 1. The van der Waals surface area contributed by atoms with Gasteiger partial charge >= 0.3 is 0 Å². The van der Waals surface area contributed by atoms with Crippen molar-refractivity contribution in [1.82, 2.24) is 14.7 Å². The fourth-order valence-corrected chi connectivity index (χ4v) is 2.86. The van der Waals surface area contributed by atoms with Gasteiger partial charge in [-0.2, -0.15) is 0 Å². The molecule has 0 bridgehead atoms. The van der Waals surface area contributed by atoms with Gasteiger partial charge in [0, 0.05) is 44.7 Å². The molecular weight excluding hydrogens is 330 g/mol. The molecule has 0 unspecified atom stereocenters. The molecule has 0 spiro atoms. The highest BCUT2D eigenvalue weighted by Gasteiger charge is 2.22. The Hall–Kier alpha value is -2.08. The van der Waals surface area contributed by atoms with E-state index < -0.39 is 0 Å². The number of hydrogen-bond acceptors (Lipinski definition) is 3. The lowest BCUT2D eigenvalue weighted by atomic mass is 10.1. The van der Waals surface area contributed by atoms with Crippen molar-refractivity contribution in [3.8, 4) is 0 Å². The van der Waals surface area contributed by atoms with Crippen LogP contribution in [0.25, 0.3) is 0 Å². The van der Waals surface area contributed by atoms with Crippen LogP contribution in [0.3, 0.4) is 0 Å². The van der Waals surface area contributed by atoms with E-state index in [1.165, 1.54) is 6.92 Å². The van der Waals surface area contributed by atoms with E-state index in [2.05, 4.69) is 0 Å². The second-order valence-corrected chi connectivity index (χ2v) is 6.28. The van der Waals surface area contributed by atoms with Crippen LogP contribution < -0.4 is 0 Å². The highest BCUT2D eigenvalue weighted by molar-refractivity contribution is 6.30. The fraction of sp³-hybridized carbons (Fsp3) is 0.471. The molecule has 24 heavy (non-hydrogen) atoms. The van der Waals surface area contributed by atoms with Crippen LogP contribution in [0.1, 0.15) is 12.5 Å². The van der Waals surface area contributed by atoms with E-state index in [0.29, 0.717) is 44.2 Å². The van der Waals surface area contributed by atoms with E-state index >= 15 is 0 Å². The van der Waals surface area contributed by atoms with Crippen LogP contribution in [-0.2, 0) is 20.8 Å². The number of halogens is 1. The van der Waals surface area contributed by atoms with Gasteiger partial charge in [0.2, 0.25) is 18.2 Å². The summed E-state index contributed by atoms with van der Waals surface area (Å²) in [6, 6.07) is 7.48. The molecule has 1 saturated heterocycles. The normalized spacial score (nSPS) is 14.4. The van der Waals surface area contributed by atoms with Crippen LogP contribution in [-0.4, -0.2) is 72.2 Å². The van der Waals surface area contributed by atoms with Crippen molar-refractivity contribution in [3.05, 3.63) is 34.9 Å². The Morgan fingerprint density at radius 1 is 1.25 bits per heavy atom. The standard InChI is InChI=1S/C17H22ClN3O3/c1-14(23)21(6-5-15-3-2-4-16(18)11-15)12-17(24)20-9-7-19(13-22)8-10-20/h2-4,11,13H,5-10,12H2,1H3. The van der Waals surface area contributed by atoms with Gasteiger partial charge in [-0.3, -0.25) is 14.4 Å². The minimum Gasteiger partial charge on any atom is -0.342 e. The van der Waals surface area contributed by atoms with Crippen molar-refractivity contribution in [2.75, 3.05) is 39.3 Å². The van der Waals surface area contributed by atoms with Crippen molar-refractivity contribution >= 4 is 29.8 Å². The van der Waals surface area contributed by atoms with Crippen LogP contribution in [0.5, 0.6) is 0 Å². The van der Waals surface area contributed by atoms with Gasteiger partial charge in [0.05, 0.1) is 6.54 Å². The van der Waals surface area contributed by atoms with Gasteiger partial charge in [-0.1, -0.05) is 23.7 Å². The van der Waals surface area contributed by atoms with Crippen LogP contribution in [0.15, 0.2) is 24.3 Å². The van der Waals surface area contributed by atoms with Crippen molar-refractivity contribution in [1.29, 1.82) is 0 Å². The predicted molar refractivity (Wildman–Crippen MR) is 91.6 cm³/mol. The monoisotopic (exact) mass is 351 g/mol. The van der Waals surface area contributed by atoms with Crippen LogP contribution in [0, 0.1) is 0 Å². The topological polar surface area (TPSA) is 60.9 Å². The smallest absolute Gasteiger partial charge is 0.242 e. The van der Waals surface area contributed by atoms with Gasteiger partial charge in [0.1, 0.15) is 0 Å². The van der Waals surface area contributed by atoms with Crippen LogP contribution in [0.2, 0.25) is 5.02 Å². The van der Waals surface area contributed by atoms with Gasteiger partial charge in [0.15, 0.2) is 0 Å². The molecule has 3 amide bonds. The quantitative estimate of drug-likeness (QED) is 0.719. The molecule has 6 nitrogen and oxygen atoms in total. The Bertz CT molecular complexity index is 600. The average Bonchev–Trinajstić information content (AvgIpc) is 2.58. The molecule has 1 aromatic rings. The van der Waals surface area contributed by atoms with Gasteiger partial charge in [-0.15, -0.1) is 0 Å². The highest BCUT2D eigenvalue weighted by atomic mass is 35.5. The third kappa shape index (κ3) is 5.23. The maximum absolute atomic E-state index is 12.4. The molecule has 2 rings (SSSR count). The Kier molecular flexibility index (Phi) is 6.61. The minimum absolute atomic E-state index is 0.0665. The molecular formula is C17H22ClN3O3. The first-order valence-electron chi connectivity index (χ1n) is 7.96. The van der Waals surface area contributed by atoms with Crippen LogP contribution in [0.4, 0.5) is 0 Å². The van der Waals surface area contributed by atoms with Gasteiger partial charge in [-0.05, 0) is 24.1 Å². The Labute approximate surface area is 147 Å². The van der Waals surface area contributed by atoms with E-state index in [1.54, 1.807) is 20.8 Å². The van der Waals surface area contributed by atoms with E-state index in [9.17, 15) is 14.4 Å². The highest BCUT2D eigenvalue weighted by Crippen LogP contribution is 2.12. The lowest BCUT2D eigenvalue weighted by Crippen LogP contribution is -2.51. The molecule has 130 valence electrons. The molecule has 0 atom stereocenters. The Morgan fingerprint density at radius 2 is 1.96 bits per heavy atom. The summed E-state index contributed by atoms with van der Waals surface area (Å²) in [7, 11) is 0. The summed E-state index contributed by atoms with van der Waals surface area (Å²) in [5.74, 6) is -0.209. The van der Waals surface area contributed by atoms with Crippen molar-refractivity contribution < 1.29 is 14.4 Å². The zero-order chi connectivity index (χ0) is 17.5. The summed E-state index contributed by atoms with van der Waals surface area (Å²) < 4.78 is 0. The second-order valence-electron chi connectivity index (χ2n) is 5.84. The molecule has 0 saturated carbocycles. The molecule has 1 aliphatic heterocycles. The summed E-state index contributed by atoms with van der Waals surface area (Å²) >= 11 is 5.96. The largest absolute Gasteiger partial charge is 0.342 e. The Balaban J connectivity index is 1.87. The van der Waals surface area contributed by atoms with E-state index in [-0.39, 0.29) is 18.4 Å².